The lowest BCUT2D eigenvalue weighted by atomic mass is 9.92. The van der Waals surface area contributed by atoms with Crippen molar-refractivity contribution < 1.29 is 14.0 Å². The minimum atomic E-state index is -0.0539. The molecule has 0 aliphatic carbocycles. The molecule has 0 atom stereocenters. The van der Waals surface area contributed by atoms with E-state index in [4.69, 9.17) is 4.42 Å². The largest absolute Gasteiger partial charge is 0.462 e. The van der Waals surface area contributed by atoms with Gasteiger partial charge in [-0.1, -0.05) is 6.92 Å². The topological polar surface area (TPSA) is 66.7 Å². The molecule has 2 aromatic rings. The summed E-state index contributed by atoms with van der Waals surface area (Å²) in [4.78, 5) is 33.8. The second kappa shape index (κ2) is 7.84. The molecule has 7 heteroatoms. The van der Waals surface area contributed by atoms with Crippen LogP contribution in [0.4, 0.5) is 0 Å². The number of amides is 2. The smallest absolute Gasteiger partial charge is 0.273 e. The van der Waals surface area contributed by atoms with Crippen LogP contribution in [0.25, 0.3) is 10.8 Å². The highest BCUT2D eigenvalue weighted by molar-refractivity contribution is 7.13. The number of furan rings is 1. The van der Waals surface area contributed by atoms with E-state index < -0.39 is 0 Å². The van der Waals surface area contributed by atoms with Crippen LogP contribution in [-0.4, -0.2) is 52.8 Å². The highest BCUT2D eigenvalue weighted by atomic mass is 32.1. The number of likely N-dealkylation sites (tertiary alicyclic amines) is 2. The quantitative estimate of drug-likeness (QED) is 0.808. The highest BCUT2D eigenvalue weighted by Crippen LogP contribution is 2.27. The lowest BCUT2D eigenvalue weighted by molar-refractivity contribution is -0.138. The molecular formula is C20H25N3O3S. The van der Waals surface area contributed by atoms with E-state index in [-0.39, 0.29) is 17.7 Å². The Morgan fingerprint density at radius 2 is 1.81 bits per heavy atom. The zero-order chi connectivity index (χ0) is 18.8. The number of thiazole rings is 1. The molecular weight excluding hydrogens is 362 g/mol. The number of hydrogen-bond acceptors (Lipinski definition) is 5. The van der Waals surface area contributed by atoms with Crippen molar-refractivity contribution in [1.29, 1.82) is 0 Å². The molecule has 4 heterocycles. The molecule has 2 aliphatic rings. The fourth-order valence-electron chi connectivity index (χ4n) is 3.86. The van der Waals surface area contributed by atoms with Crippen LogP contribution in [0.2, 0.25) is 0 Å². The van der Waals surface area contributed by atoms with Gasteiger partial charge in [0.15, 0.2) is 10.8 Å². The molecule has 0 N–H and O–H groups in total. The number of piperidine rings is 2. The van der Waals surface area contributed by atoms with E-state index in [9.17, 15) is 9.59 Å². The third kappa shape index (κ3) is 3.93. The van der Waals surface area contributed by atoms with Gasteiger partial charge in [0.1, 0.15) is 5.69 Å². The summed E-state index contributed by atoms with van der Waals surface area (Å²) in [6, 6.07) is 3.65. The predicted molar refractivity (Wildman–Crippen MR) is 103 cm³/mol. The third-order valence-electron chi connectivity index (χ3n) is 5.68. The lowest BCUT2D eigenvalue weighted by Crippen LogP contribution is -2.46. The molecule has 6 nitrogen and oxygen atoms in total. The zero-order valence-electron chi connectivity index (χ0n) is 15.6. The maximum absolute atomic E-state index is 12.7. The van der Waals surface area contributed by atoms with E-state index in [1.165, 1.54) is 11.3 Å². The average molecular weight is 388 g/mol. The Balaban J connectivity index is 1.32. The van der Waals surface area contributed by atoms with Gasteiger partial charge in [-0.3, -0.25) is 9.59 Å². The van der Waals surface area contributed by atoms with Crippen molar-refractivity contribution >= 4 is 23.2 Å². The first-order valence-electron chi connectivity index (χ1n) is 9.69. The number of carbonyl (C=O) groups excluding carboxylic acids is 2. The van der Waals surface area contributed by atoms with Gasteiger partial charge in [-0.15, -0.1) is 11.3 Å². The van der Waals surface area contributed by atoms with Crippen LogP contribution in [0.15, 0.2) is 28.2 Å². The molecule has 0 radical (unpaired) electrons. The summed E-state index contributed by atoms with van der Waals surface area (Å²) < 4.78 is 5.34. The SMILES string of the molecule is CC1CCN(C(=O)C2CCN(C(=O)c3csc(-c4ccco4)n3)CC2)CC1. The molecule has 2 fully saturated rings. The second-order valence-corrected chi connectivity index (χ2v) is 8.45. The minimum absolute atomic E-state index is 0.0524. The normalized spacial score (nSPS) is 19.4. The third-order valence-corrected chi connectivity index (χ3v) is 6.54. The predicted octanol–water partition coefficient (Wildman–Crippen LogP) is 3.51. The Labute approximate surface area is 163 Å². The van der Waals surface area contributed by atoms with Crippen molar-refractivity contribution in [2.45, 2.75) is 32.6 Å². The van der Waals surface area contributed by atoms with E-state index in [0.717, 1.165) is 44.7 Å². The van der Waals surface area contributed by atoms with Gasteiger partial charge in [0, 0.05) is 37.5 Å². The first-order chi connectivity index (χ1) is 13.1. The number of hydrogen-bond donors (Lipinski definition) is 0. The Morgan fingerprint density at radius 1 is 1.11 bits per heavy atom. The standard InChI is InChI=1S/C20H25N3O3S/c1-14-4-8-22(9-5-14)19(24)15-6-10-23(11-7-15)20(25)16-13-27-18(21-16)17-3-2-12-26-17/h2-3,12-15H,4-11H2,1H3. The van der Waals surface area contributed by atoms with Gasteiger partial charge in [0.25, 0.3) is 5.91 Å². The first-order valence-corrected chi connectivity index (χ1v) is 10.6. The molecule has 2 amide bonds. The summed E-state index contributed by atoms with van der Waals surface area (Å²) in [5.41, 5.74) is 0.459. The van der Waals surface area contributed by atoms with Crippen LogP contribution >= 0.6 is 11.3 Å². The molecule has 27 heavy (non-hydrogen) atoms. The summed E-state index contributed by atoms with van der Waals surface area (Å²) in [5.74, 6) is 1.68. The molecule has 0 spiro atoms. The molecule has 2 saturated heterocycles. The summed E-state index contributed by atoms with van der Waals surface area (Å²) in [6.07, 6.45) is 5.29. The fourth-order valence-corrected chi connectivity index (χ4v) is 4.62. The molecule has 0 saturated carbocycles. The van der Waals surface area contributed by atoms with Crippen molar-refractivity contribution in [3.8, 4) is 10.8 Å². The second-order valence-electron chi connectivity index (χ2n) is 7.59. The van der Waals surface area contributed by atoms with Gasteiger partial charge in [0.2, 0.25) is 5.91 Å². The Hall–Kier alpha value is -2.15. The Morgan fingerprint density at radius 3 is 2.48 bits per heavy atom. The molecule has 0 unspecified atom stereocenters. The average Bonchev–Trinajstić information content (AvgIpc) is 3.39. The van der Waals surface area contributed by atoms with Gasteiger partial charge in [0.05, 0.1) is 6.26 Å². The van der Waals surface area contributed by atoms with Gasteiger partial charge < -0.3 is 14.2 Å². The molecule has 0 bridgehead atoms. The molecule has 144 valence electrons. The molecule has 0 aromatic carbocycles. The van der Waals surface area contributed by atoms with E-state index in [2.05, 4.69) is 11.9 Å². The fraction of sp³-hybridized carbons (Fsp3) is 0.550. The van der Waals surface area contributed by atoms with Crippen LogP contribution in [0, 0.1) is 11.8 Å². The van der Waals surface area contributed by atoms with Crippen LogP contribution in [-0.2, 0) is 4.79 Å². The zero-order valence-corrected chi connectivity index (χ0v) is 16.4. The first kappa shape index (κ1) is 18.2. The summed E-state index contributed by atoms with van der Waals surface area (Å²) in [5, 5.41) is 2.50. The summed E-state index contributed by atoms with van der Waals surface area (Å²) >= 11 is 1.41. The number of carbonyl (C=O) groups is 2. The van der Waals surface area contributed by atoms with Crippen molar-refractivity contribution in [2.75, 3.05) is 26.2 Å². The summed E-state index contributed by atoms with van der Waals surface area (Å²) in [6.45, 7) is 5.25. The van der Waals surface area contributed by atoms with E-state index >= 15 is 0 Å². The van der Waals surface area contributed by atoms with Gasteiger partial charge in [-0.2, -0.15) is 0 Å². The molecule has 4 rings (SSSR count). The molecule has 2 aliphatic heterocycles. The monoisotopic (exact) mass is 387 g/mol. The Bertz CT molecular complexity index is 785. The number of rotatable bonds is 3. The van der Waals surface area contributed by atoms with Crippen LogP contribution in [0.3, 0.4) is 0 Å². The van der Waals surface area contributed by atoms with Gasteiger partial charge in [-0.25, -0.2) is 4.98 Å². The minimum Gasteiger partial charge on any atom is -0.462 e. The van der Waals surface area contributed by atoms with Crippen LogP contribution in [0.1, 0.15) is 43.1 Å². The van der Waals surface area contributed by atoms with Crippen molar-refractivity contribution in [3.63, 3.8) is 0 Å². The maximum Gasteiger partial charge on any atom is 0.273 e. The van der Waals surface area contributed by atoms with Crippen LogP contribution in [0.5, 0.6) is 0 Å². The van der Waals surface area contributed by atoms with Crippen molar-refractivity contribution in [2.24, 2.45) is 11.8 Å². The van der Waals surface area contributed by atoms with Gasteiger partial charge in [-0.05, 0) is 43.7 Å². The van der Waals surface area contributed by atoms with E-state index in [1.54, 1.807) is 11.6 Å². The van der Waals surface area contributed by atoms with Crippen LogP contribution < -0.4 is 0 Å². The Kier molecular flexibility index (Phi) is 5.29. The van der Waals surface area contributed by atoms with Crippen molar-refractivity contribution in [1.82, 2.24) is 14.8 Å². The number of aromatic nitrogens is 1. The molecule has 2 aromatic heterocycles. The van der Waals surface area contributed by atoms with Gasteiger partial charge >= 0.3 is 0 Å². The van der Waals surface area contributed by atoms with Crippen molar-refractivity contribution in [3.05, 3.63) is 29.5 Å². The maximum atomic E-state index is 12.7. The number of nitrogens with zero attached hydrogens (tertiary/aromatic N) is 3. The van der Waals surface area contributed by atoms with E-state index in [0.29, 0.717) is 29.6 Å². The highest BCUT2D eigenvalue weighted by Gasteiger charge is 2.32. The lowest BCUT2D eigenvalue weighted by Gasteiger charge is -2.36. The summed E-state index contributed by atoms with van der Waals surface area (Å²) in [7, 11) is 0. The van der Waals surface area contributed by atoms with E-state index in [1.807, 2.05) is 21.9 Å².